The van der Waals surface area contributed by atoms with Crippen LogP contribution in [0.1, 0.15) is 0 Å². The van der Waals surface area contributed by atoms with Crippen molar-refractivity contribution >= 4 is 6.04 Å². The van der Waals surface area contributed by atoms with E-state index in [0.717, 1.165) is 0 Å². The molecule has 1 fully saturated rings. The molecule has 1 heterocycles. The van der Waals surface area contributed by atoms with Crippen molar-refractivity contribution < 1.29 is 75.4 Å². The standard InChI is InChI=1S/C8F15NO2/c9-1(25)2(10,11)3(12,4(13,14)15)24-5(16,17)7(20,21)26-8(22,23)6(24,18)19. The fraction of sp³-hybridized carbons (Fsp3) is 0.875. The van der Waals surface area contributed by atoms with Crippen LogP contribution in [-0.4, -0.2) is 53.1 Å². The molecule has 0 radical (unpaired) electrons. The molecule has 1 aliphatic rings. The first-order chi connectivity index (χ1) is 11.0. The van der Waals surface area contributed by atoms with Gasteiger partial charge < -0.3 is 0 Å². The monoisotopic (exact) mass is 427 g/mol. The number of halogens is 15. The van der Waals surface area contributed by atoms with Crippen LogP contribution >= 0.6 is 0 Å². The van der Waals surface area contributed by atoms with E-state index in [9.17, 15) is 70.7 Å². The minimum Gasteiger partial charge on any atom is -0.254 e. The largest absolute Gasteiger partial charge is 0.443 e. The highest BCUT2D eigenvalue weighted by atomic mass is 19.4. The molecule has 26 heavy (non-hydrogen) atoms. The Kier molecular flexibility index (Phi) is 4.60. The maximum absolute atomic E-state index is 13.8. The number of morpholine rings is 1. The molecule has 1 aliphatic heterocycles. The molecule has 0 N–H and O–H groups in total. The summed E-state index contributed by atoms with van der Waals surface area (Å²) in [5.41, 5.74) is 0. The van der Waals surface area contributed by atoms with Gasteiger partial charge in [0, 0.05) is 0 Å². The molecule has 0 amide bonds. The Hall–Kier alpha value is -1.46. The molecule has 0 aromatic heterocycles. The molecule has 3 nitrogen and oxygen atoms in total. The second kappa shape index (κ2) is 5.29. The fourth-order valence-electron chi connectivity index (χ4n) is 1.68. The number of carbonyl (C=O) groups excluding carboxylic acids is 1. The summed E-state index contributed by atoms with van der Waals surface area (Å²) in [5, 5.41) is 0. The average Bonchev–Trinajstić information content (AvgIpc) is 2.33. The molecule has 0 spiro atoms. The van der Waals surface area contributed by atoms with E-state index in [1.165, 1.54) is 0 Å². The zero-order valence-electron chi connectivity index (χ0n) is 10.9. The van der Waals surface area contributed by atoms with Crippen molar-refractivity contribution in [2.24, 2.45) is 0 Å². The van der Waals surface area contributed by atoms with Crippen LogP contribution in [-0.2, 0) is 9.53 Å². The van der Waals surface area contributed by atoms with Gasteiger partial charge in [0.25, 0.3) is 0 Å². The number of rotatable bonds is 3. The van der Waals surface area contributed by atoms with Crippen LogP contribution in [0.3, 0.4) is 0 Å². The van der Waals surface area contributed by atoms with Crippen molar-refractivity contribution in [1.29, 1.82) is 0 Å². The van der Waals surface area contributed by atoms with Gasteiger partial charge in [0.05, 0.1) is 0 Å². The van der Waals surface area contributed by atoms with Gasteiger partial charge in [0.2, 0.25) is 0 Å². The van der Waals surface area contributed by atoms with Crippen molar-refractivity contribution in [2.75, 3.05) is 0 Å². The number of hydrogen-bond donors (Lipinski definition) is 0. The van der Waals surface area contributed by atoms with Crippen LogP contribution in [0.5, 0.6) is 0 Å². The van der Waals surface area contributed by atoms with Gasteiger partial charge in [0.1, 0.15) is 0 Å². The van der Waals surface area contributed by atoms with Crippen LogP contribution in [0.25, 0.3) is 0 Å². The quantitative estimate of drug-likeness (QED) is 0.387. The summed E-state index contributed by atoms with van der Waals surface area (Å²) in [7, 11) is 0. The second-order valence-corrected chi connectivity index (χ2v) is 4.52. The third-order valence-electron chi connectivity index (χ3n) is 2.87. The van der Waals surface area contributed by atoms with E-state index < -0.39 is 53.1 Å². The van der Waals surface area contributed by atoms with Crippen molar-refractivity contribution in [3.63, 3.8) is 0 Å². The van der Waals surface area contributed by atoms with E-state index in [2.05, 4.69) is 0 Å². The third-order valence-corrected chi connectivity index (χ3v) is 2.87. The Morgan fingerprint density at radius 2 is 1.04 bits per heavy atom. The van der Waals surface area contributed by atoms with Crippen molar-refractivity contribution in [1.82, 2.24) is 4.90 Å². The van der Waals surface area contributed by atoms with Crippen molar-refractivity contribution in [3.8, 4) is 0 Å². The highest BCUT2D eigenvalue weighted by Crippen LogP contribution is 2.63. The minimum atomic E-state index is -8.06. The van der Waals surface area contributed by atoms with Crippen molar-refractivity contribution in [3.05, 3.63) is 0 Å². The molecule has 1 rings (SSSR count). The Balaban J connectivity index is 4.01. The molecular weight excluding hydrogens is 427 g/mol. The fourth-order valence-corrected chi connectivity index (χ4v) is 1.68. The van der Waals surface area contributed by atoms with Gasteiger partial charge in [-0.15, -0.1) is 4.90 Å². The molecule has 154 valence electrons. The summed E-state index contributed by atoms with van der Waals surface area (Å²) < 4.78 is 195. The maximum Gasteiger partial charge on any atom is 0.443 e. The Bertz CT molecular complexity index is 571. The SMILES string of the molecule is O=C(F)C(F)(F)C(F)(N1C(F)(F)C(F)(F)OC(F)(F)C1(F)F)C(F)(F)F. The third kappa shape index (κ3) is 2.51. The molecule has 0 aliphatic carbocycles. The first kappa shape index (κ1) is 22.6. The van der Waals surface area contributed by atoms with E-state index in [-0.39, 0.29) is 0 Å². The molecule has 0 aromatic rings. The maximum atomic E-state index is 13.8. The summed E-state index contributed by atoms with van der Waals surface area (Å²) in [6, 6.07) is -20.0. The summed E-state index contributed by atoms with van der Waals surface area (Å²) in [4.78, 5) is 5.54. The highest BCUT2D eigenvalue weighted by molar-refractivity contribution is 5.78. The van der Waals surface area contributed by atoms with Crippen LogP contribution in [0.4, 0.5) is 65.9 Å². The van der Waals surface area contributed by atoms with Crippen molar-refractivity contribution in [2.45, 2.75) is 42.2 Å². The lowest BCUT2D eigenvalue weighted by molar-refractivity contribution is -0.593. The number of carbonyl (C=O) groups is 1. The summed E-state index contributed by atoms with van der Waals surface area (Å²) >= 11 is 0. The molecule has 1 unspecified atom stereocenters. The van der Waals surface area contributed by atoms with Gasteiger partial charge in [-0.25, -0.2) is 9.13 Å². The lowest BCUT2D eigenvalue weighted by atomic mass is 10.0. The highest BCUT2D eigenvalue weighted by Gasteiger charge is 2.94. The van der Waals surface area contributed by atoms with E-state index in [1.54, 1.807) is 4.74 Å². The van der Waals surface area contributed by atoms with E-state index >= 15 is 0 Å². The lowest BCUT2D eigenvalue weighted by Gasteiger charge is -2.52. The summed E-state index contributed by atoms with van der Waals surface area (Å²) in [5.74, 6) is -15.7. The predicted octanol–water partition coefficient (Wildman–Crippen LogP) is 4.05. The topological polar surface area (TPSA) is 29.5 Å². The number of nitrogens with zero attached hydrogens (tertiary/aromatic N) is 1. The Labute approximate surface area is 130 Å². The van der Waals surface area contributed by atoms with Gasteiger partial charge in [0.15, 0.2) is 0 Å². The Morgan fingerprint density at radius 3 is 1.27 bits per heavy atom. The number of alkyl halides is 14. The molecule has 0 saturated carbocycles. The lowest BCUT2D eigenvalue weighted by Crippen LogP contribution is -2.84. The zero-order valence-corrected chi connectivity index (χ0v) is 10.9. The van der Waals surface area contributed by atoms with Crippen LogP contribution < -0.4 is 0 Å². The van der Waals surface area contributed by atoms with Crippen LogP contribution in [0.2, 0.25) is 0 Å². The predicted molar refractivity (Wildman–Crippen MR) is 43.7 cm³/mol. The molecule has 1 atom stereocenters. The zero-order chi connectivity index (χ0) is 21.4. The second-order valence-electron chi connectivity index (χ2n) is 4.52. The number of ether oxygens (including phenoxy) is 1. The molecule has 0 bridgehead atoms. The van der Waals surface area contributed by atoms with E-state index in [4.69, 9.17) is 0 Å². The Morgan fingerprint density at radius 1 is 0.731 bits per heavy atom. The normalized spacial score (nSPS) is 27.7. The van der Waals surface area contributed by atoms with Gasteiger partial charge in [-0.1, -0.05) is 0 Å². The van der Waals surface area contributed by atoms with E-state index in [0.29, 0.717) is 0 Å². The molecule has 18 heteroatoms. The summed E-state index contributed by atoms with van der Waals surface area (Å²) in [6.45, 7) is 0. The minimum absolute atomic E-state index is 1.64. The van der Waals surface area contributed by atoms with Crippen LogP contribution in [0.15, 0.2) is 0 Å². The molecule has 1 saturated heterocycles. The first-order valence-electron chi connectivity index (χ1n) is 5.37. The van der Waals surface area contributed by atoms with E-state index in [1.807, 2.05) is 0 Å². The molecular formula is C8F15NO2. The number of hydrogen-bond acceptors (Lipinski definition) is 3. The van der Waals surface area contributed by atoms with Gasteiger partial charge in [-0.3, -0.25) is 4.79 Å². The van der Waals surface area contributed by atoms with Gasteiger partial charge >= 0.3 is 48.2 Å². The van der Waals surface area contributed by atoms with Gasteiger partial charge in [-0.05, 0) is 0 Å². The summed E-state index contributed by atoms with van der Waals surface area (Å²) in [6.07, 6.45) is -22.2. The first-order valence-corrected chi connectivity index (χ1v) is 5.37. The van der Waals surface area contributed by atoms with Crippen LogP contribution in [0, 0.1) is 0 Å². The molecule has 0 aromatic carbocycles. The smallest absolute Gasteiger partial charge is 0.254 e. The van der Waals surface area contributed by atoms with Gasteiger partial charge in [-0.2, -0.15) is 61.5 Å². The average molecular weight is 427 g/mol.